The zero-order valence-electron chi connectivity index (χ0n) is 12.6. The van der Waals surface area contributed by atoms with Crippen LogP contribution in [-0.2, 0) is 14.3 Å². The lowest BCUT2D eigenvalue weighted by molar-refractivity contribution is -0.153. The lowest BCUT2D eigenvalue weighted by Crippen LogP contribution is -2.34. The van der Waals surface area contributed by atoms with Gasteiger partial charge in [0, 0.05) is 6.54 Å². The minimum Gasteiger partial charge on any atom is -0.455 e. The van der Waals surface area contributed by atoms with Crippen molar-refractivity contribution in [2.24, 2.45) is 23.7 Å². The van der Waals surface area contributed by atoms with Crippen molar-refractivity contribution in [1.29, 1.82) is 0 Å². The largest absolute Gasteiger partial charge is 0.455 e. The maximum Gasteiger partial charge on any atom is 0.310 e. The second-order valence-electron chi connectivity index (χ2n) is 6.80. The van der Waals surface area contributed by atoms with Crippen LogP contribution < -0.4 is 5.32 Å². The molecule has 1 N–H and O–H groups in total. The fraction of sp³-hybridized carbons (Fsp3) is 0.765. The standard InChI is InChI=1S/C17H25NO3/c19-16(18-10-12-4-2-1-3-5-12)11-21-17(20)15-9-13-6-7-14(15)8-13/h6-7,12-15H,1-5,8-11H2,(H,18,19). The van der Waals surface area contributed by atoms with E-state index in [2.05, 4.69) is 17.5 Å². The number of amides is 1. The monoisotopic (exact) mass is 291 g/mol. The van der Waals surface area contributed by atoms with Crippen molar-refractivity contribution >= 4 is 11.9 Å². The molecule has 0 aliphatic heterocycles. The number of esters is 1. The molecule has 3 unspecified atom stereocenters. The fourth-order valence-electron chi connectivity index (χ4n) is 4.00. The summed E-state index contributed by atoms with van der Waals surface area (Å²) in [6.45, 7) is 0.608. The molecule has 116 valence electrons. The average molecular weight is 291 g/mol. The second kappa shape index (κ2) is 6.63. The summed E-state index contributed by atoms with van der Waals surface area (Å²) in [5.41, 5.74) is 0. The molecule has 3 aliphatic rings. The zero-order valence-corrected chi connectivity index (χ0v) is 12.6. The smallest absolute Gasteiger partial charge is 0.310 e. The van der Waals surface area contributed by atoms with Crippen LogP contribution in [0.5, 0.6) is 0 Å². The van der Waals surface area contributed by atoms with E-state index in [9.17, 15) is 9.59 Å². The molecule has 3 aliphatic carbocycles. The number of allylic oxidation sites excluding steroid dienone is 2. The van der Waals surface area contributed by atoms with Crippen molar-refractivity contribution in [3.63, 3.8) is 0 Å². The second-order valence-corrected chi connectivity index (χ2v) is 6.80. The van der Waals surface area contributed by atoms with E-state index in [4.69, 9.17) is 4.74 Å². The highest BCUT2D eigenvalue weighted by Crippen LogP contribution is 2.43. The minimum atomic E-state index is -0.195. The number of carbonyl (C=O) groups excluding carboxylic acids is 2. The Bertz CT molecular complexity index is 426. The minimum absolute atomic E-state index is 0.0221. The van der Waals surface area contributed by atoms with Crippen molar-refractivity contribution in [2.45, 2.75) is 44.9 Å². The Morgan fingerprint density at radius 2 is 1.90 bits per heavy atom. The van der Waals surface area contributed by atoms with Crippen LogP contribution in [0.2, 0.25) is 0 Å². The summed E-state index contributed by atoms with van der Waals surface area (Å²) in [5.74, 6) is 1.12. The maximum atomic E-state index is 12.0. The van der Waals surface area contributed by atoms with Gasteiger partial charge in [-0.15, -0.1) is 0 Å². The van der Waals surface area contributed by atoms with Gasteiger partial charge < -0.3 is 10.1 Å². The zero-order chi connectivity index (χ0) is 14.7. The number of fused-ring (bicyclic) bond motifs is 2. The molecule has 3 rings (SSSR count). The number of ether oxygens (including phenoxy) is 1. The maximum absolute atomic E-state index is 12.0. The lowest BCUT2D eigenvalue weighted by atomic mass is 9.89. The molecule has 2 bridgehead atoms. The van der Waals surface area contributed by atoms with Crippen molar-refractivity contribution in [3.05, 3.63) is 12.2 Å². The van der Waals surface area contributed by atoms with Gasteiger partial charge in [0.25, 0.3) is 5.91 Å². The summed E-state index contributed by atoms with van der Waals surface area (Å²) in [6.07, 6.45) is 12.6. The van der Waals surface area contributed by atoms with Crippen molar-refractivity contribution < 1.29 is 14.3 Å². The van der Waals surface area contributed by atoms with Crippen molar-refractivity contribution in [2.75, 3.05) is 13.2 Å². The van der Waals surface area contributed by atoms with Gasteiger partial charge in [-0.05, 0) is 43.4 Å². The molecule has 0 heterocycles. The van der Waals surface area contributed by atoms with Crippen molar-refractivity contribution in [3.8, 4) is 0 Å². The van der Waals surface area contributed by atoms with Gasteiger partial charge in [0.15, 0.2) is 6.61 Å². The molecule has 4 nitrogen and oxygen atoms in total. The first-order valence-corrected chi connectivity index (χ1v) is 8.34. The highest BCUT2D eigenvalue weighted by atomic mass is 16.5. The van der Waals surface area contributed by atoms with Gasteiger partial charge in [-0.1, -0.05) is 31.4 Å². The number of hydrogen-bond donors (Lipinski definition) is 1. The quantitative estimate of drug-likeness (QED) is 0.625. The van der Waals surface area contributed by atoms with Gasteiger partial charge in [0.05, 0.1) is 5.92 Å². The van der Waals surface area contributed by atoms with E-state index in [-0.39, 0.29) is 24.4 Å². The van der Waals surface area contributed by atoms with Gasteiger partial charge >= 0.3 is 5.97 Å². The Balaban J connectivity index is 1.33. The van der Waals surface area contributed by atoms with E-state index < -0.39 is 0 Å². The molecule has 0 saturated heterocycles. The summed E-state index contributed by atoms with van der Waals surface area (Å²) >= 11 is 0. The number of nitrogens with one attached hydrogen (secondary N) is 1. The predicted octanol–water partition coefficient (Wildman–Crippen LogP) is 2.44. The van der Waals surface area contributed by atoms with Gasteiger partial charge in [-0.25, -0.2) is 0 Å². The highest BCUT2D eigenvalue weighted by molar-refractivity contribution is 5.81. The van der Waals surface area contributed by atoms with E-state index in [1.807, 2.05) is 0 Å². The summed E-state index contributed by atoms with van der Waals surface area (Å²) in [5, 5.41) is 2.90. The SMILES string of the molecule is O=C(COC(=O)C1CC2C=CC1C2)NCC1CCCCC1. The molecule has 0 radical (unpaired) electrons. The van der Waals surface area contributed by atoms with Crippen molar-refractivity contribution in [1.82, 2.24) is 5.32 Å². The molecule has 2 saturated carbocycles. The van der Waals surface area contributed by atoms with Crippen LogP contribution in [-0.4, -0.2) is 25.0 Å². The molecular weight excluding hydrogens is 266 g/mol. The van der Waals surface area contributed by atoms with Crippen LogP contribution in [0.4, 0.5) is 0 Å². The predicted molar refractivity (Wildman–Crippen MR) is 79.4 cm³/mol. The average Bonchev–Trinajstić information content (AvgIpc) is 3.14. The van der Waals surface area contributed by atoms with Crippen LogP contribution in [0.3, 0.4) is 0 Å². The first kappa shape index (κ1) is 14.6. The van der Waals surface area contributed by atoms with Gasteiger partial charge in [0.2, 0.25) is 0 Å². The third-order valence-electron chi connectivity index (χ3n) is 5.24. The van der Waals surface area contributed by atoms with E-state index in [0.29, 0.717) is 17.8 Å². The molecule has 2 fully saturated rings. The molecule has 1 amide bonds. The summed E-state index contributed by atoms with van der Waals surface area (Å²) < 4.78 is 5.20. The molecule has 0 aromatic rings. The van der Waals surface area contributed by atoms with Crippen LogP contribution in [0.25, 0.3) is 0 Å². The Labute approximate surface area is 126 Å². The van der Waals surface area contributed by atoms with E-state index >= 15 is 0 Å². The van der Waals surface area contributed by atoms with Gasteiger partial charge in [0.1, 0.15) is 0 Å². The third kappa shape index (κ3) is 3.66. The van der Waals surface area contributed by atoms with Crippen LogP contribution in [0, 0.1) is 23.7 Å². The molecule has 0 aromatic heterocycles. The van der Waals surface area contributed by atoms with E-state index in [1.54, 1.807) is 0 Å². The Morgan fingerprint density at radius 1 is 1.10 bits per heavy atom. The normalized spacial score (nSPS) is 31.3. The summed E-state index contributed by atoms with van der Waals surface area (Å²) in [7, 11) is 0. The first-order valence-electron chi connectivity index (χ1n) is 8.34. The fourth-order valence-corrected chi connectivity index (χ4v) is 4.00. The van der Waals surface area contributed by atoms with Crippen LogP contribution in [0.1, 0.15) is 44.9 Å². The molecule has 4 heteroatoms. The molecule has 0 aromatic carbocycles. The van der Waals surface area contributed by atoms with Gasteiger partial charge in [-0.2, -0.15) is 0 Å². The third-order valence-corrected chi connectivity index (χ3v) is 5.24. The number of rotatable bonds is 5. The molecule has 0 spiro atoms. The van der Waals surface area contributed by atoms with E-state index in [0.717, 1.165) is 19.4 Å². The molecule has 21 heavy (non-hydrogen) atoms. The first-order chi connectivity index (χ1) is 10.2. The number of carbonyl (C=O) groups is 2. The Hall–Kier alpha value is -1.32. The molecule has 3 atom stereocenters. The van der Waals surface area contributed by atoms with E-state index in [1.165, 1.54) is 32.1 Å². The van der Waals surface area contributed by atoms with Crippen LogP contribution in [0.15, 0.2) is 12.2 Å². The molecular formula is C17H25NO3. The van der Waals surface area contributed by atoms with Crippen LogP contribution >= 0.6 is 0 Å². The number of hydrogen-bond acceptors (Lipinski definition) is 3. The Kier molecular flexibility index (Phi) is 4.61. The summed E-state index contributed by atoms with van der Waals surface area (Å²) in [6, 6.07) is 0. The lowest BCUT2D eigenvalue weighted by Gasteiger charge is -2.22. The van der Waals surface area contributed by atoms with Gasteiger partial charge in [-0.3, -0.25) is 9.59 Å². The Morgan fingerprint density at radius 3 is 2.57 bits per heavy atom. The topological polar surface area (TPSA) is 55.4 Å². The highest BCUT2D eigenvalue weighted by Gasteiger charge is 2.40. The summed E-state index contributed by atoms with van der Waals surface area (Å²) in [4.78, 5) is 23.8.